The van der Waals surface area contributed by atoms with Gasteiger partial charge >= 0.3 is 5.97 Å². The fourth-order valence-corrected chi connectivity index (χ4v) is 1.88. The summed E-state index contributed by atoms with van der Waals surface area (Å²) in [5.41, 5.74) is 1.94. The van der Waals surface area contributed by atoms with E-state index >= 15 is 0 Å². The molecule has 1 heterocycles. The quantitative estimate of drug-likeness (QED) is 0.823. The van der Waals surface area contributed by atoms with Crippen molar-refractivity contribution in [3.8, 4) is 0 Å². The average molecular weight is 209 g/mol. The zero-order valence-electron chi connectivity index (χ0n) is 8.24. The van der Waals surface area contributed by atoms with E-state index in [2.05, 4.69) is 0 Å². The first-order valence-corrected chi connectivity index (χ1v) is 4.92. The second-order valence-corrected chi connectivity index (χ2v) is 3.65. The van der Waals surface area contributed by atoms with Gasteiger partial charge in [0.25, 0.3) is 0 Å². The van der Waals surface area contributed by atoms with Crippen LogP contribution in [-0.4, -0.2) is 24.2 Å². The minimum atomic E-state index is -0.820. The molecule has 0 bridgehead atoms. The van der Waals surface area contributed by atoms with Gasteiger partial charge in [0, 0.05) is 18.8 Å². The lowest BCUT2D eigenvalue weighted by Gasteiger charge is -2.17. The summed E-state index contributed by atoms with van der Waals surface area (Å²) in [6.07, 6.45) is 0.963. The Balaban J connectivity index is 2.13. The Morgan fingerprint density at radius 1 is 1.53 bits per heavy atom. The van der Waals surface area contributed by atoms with Gasteiger partial charge in [0.15, 0.2) is 0 Å². The van der Waals surface area contributed by atoms with E-state index in [4.69, 9.17) is 5.11 Å². The Labute approximate surface area is 87.1 Å². The van der Waals surface area contributed by atoms with E-state index in [0.29, 0.717) is 6.54 Å². The van der Waals surface area contributed by atoms with Crippen LogP contribution in [0.1, 0.15) is 12.0 Å². The largest absolute Gasteiger partial charge is 0.481 e. The number of rotatable bonds is 3. The first kappa shape index (κ1) is 9.96. The topological polar surface area (TPSA) is 40.5 Å². The van der Waals surface area contributed by atoms with Crippen LogP contribution in [0.4, 0.5) is 10.1 Å². The minimum absolute atomic E-state index is 0.0932. The predicted molar refractivity (Wildman–Crippen MR) is 54.6 cm³/mol. The lowest BCUT2D eigenvalue weighted by Crippen LogP contribution is -2.23. The molecule has 0 spiro atoms. The molecule has 4 heteroatoms. The van der Waals surface area contributed by atoms with Crippen molar-refractivity contribution in [3.05, 3.63) is 29.6 Å². The van der Waals surface area contributed by atoms with Crippen LogP contribution in [0, 0.1) is 5.82 Å². The molecule has 0 atom stereocenters. The van der Waals surface area contributed by atoms with E-state index in [1.165, 1.54) is 12.1 Å². The third-order valence-electron chi connectivity index (χ3n) is 2.63. The number of fused-ring (bicyclic) bond motifs is 1. The highest BCUT2D eigenvalue weighted by atomic mass is 19.1. The molecule has 0 fully saturated rings. The van der Waals surface area contributed by atoms with E-state index in [0.717, 1.165) is 24.2 Å². The molecule has 0 saturated carbocycles. The van der Waals surface area contributed by atoms with Crippen molar-refractivity contribution in [2.24, 2.45) is 0 Å². The monoisotopic (exact) mass is 209 g/mol. The molecule has 3 nitrogen and oxygen atoms in total. The number of carboxylic acid groups (broad SMARTS) is 1. The second kappa shape index (κ2) is 3.88. The smallest absolute Gasteiger partial charge is 0.305 e. The molecule has 1 aliphatic rings. The molecule has 1 aromatic rings. The van der Waals surface area contributed by atoms with Crippen molar-refractivity contribution in [2.45, 2.75) is 12.8 Å². The van der Waals surface area contributed by atoms with Crippen LogP contribution >= 0.6 is 0 Å². The average Bonchev–Trinajstić information content (AvgIpc) is 2.57. The normalized spacial score (nSPS) is 14.1. The molecule has 0 radical (unpaired) electrons. The molecule has 80 valence electrons. The number of carbonyl (C=O) groups is 1. The fraction of sp³-hybridized carbons (Fsp3) is 0.364. The molecule has 0 unspecified atom stereocenters. The third-order valence-corrected chi connectivity index (χ3v) is 2.63. The summed E-state index contributed by atoms with van der Waals surface area (Å²) in [4.78, 5) is 12.4. The van der Waals surface area contributed by atoms with Gasteiger partial charge in [0.1, 0.15) is 5.82 Å². The van der Waals surface area contributed by atoms with Crippen LogP contribution in [0.15, 0.2) is 18.2 Å². The highest BCUT2D eigenvalue weighted by Gasteiger charge is 2.19. The zero-order valence-corrected chi connectivity index (χ0v) is 8.24. The van der Waals surface area contributed by atoms with Gasteiger partial charge in [-0.1, -0.05) is 6.07 Å². The number of hydrogen-bond donors (Lipinski definition) is 1. The number of halogens is 1. The summed E-state index contributed by atoms with van der Waals surface area (Å²) >= 11 is 0. The van der Waals surface area contributed by atoms with E-state index in [1.807, 2.05) is 4.90 Å². The van der Waals surface area contributed by atoms with Gasteiger partial charge in [-0.2, -0.15) is 0 Å². The Kier molecular flexibility index (Phi) is 2.58. The Morgan fingerprint density at radius 2 is 2.33 bits per heavy atom. The molecule has 0 amide bonds. The minimum Gasteiger partial charge on any atom is -0.481 e. The van der Waals surface area contributed by atoms with E-state index in [9.17, 15) is 9.18 Å². The van der Waals surface area contributed by atoms with Gasteiger partial charge in [-0.15, -0.1) is 0 Å². The number of nitrogens with zero attached hydrogens (tertiary/aromatic N) is 1. The predicted octanol–water partition coefficient (Wildman–Crippen LogP) is 1.66. The van der Waals surface area contributed by atoms with Crippen LogP contribution in [-0.2, 0) is 11.2 Å². The highest BCUT2D eigenvalue weighted by molar-refractivity contribution is 5.68. The summed E-state index contributed by atoms with van der Waals surface area (Å²) < 4.78 is 13.0. The van der Waals surface area contributed by atoms with Gasteiger partial charge < -0.3 is 10.0 Å². The van der Waals surface area contributed by atoms with Crippen LogP contribution in [0.5, 0.6) is 0 Å². The molecule has 1 N–H and O–H groups in total. The standard InChI is InChI=1S/C11H12FNO2/c12-9-2-1-8-3-5-13(10(8)7-9)6-4-11(14)15/h1-2,7H,3-6H2,(H,14,15). The summed E-state index contributed by atoms with van der Waals surface area (Å²) in [6.45, 7) is 1.23. The van der Waals surface area contributed by atoms with Crippen molar-refractivity contribution >= 4 is 11.7 Å². The number of benzene rings is 1. The Bertz CT molecular complexity index is 392. The lowest BCUT2D eigenvalue weighted by atomic mass is 10.2. The fourth-order valence-electron chi connectivity index (χ4n) is 1.88. The first-order chi connectivity index (χ1) is 7.16. The van der Waals surface area contributed by atoms with Gasteiger partial charge in [-0.25, -0.2) is 4.39 Å². The van der Waals surface area contributed by atoms with Crippen molar-refractivity contribution in [1.82, 2.24) is 0 Å². The maximum absolute atomic E-state index is 13.0. The summed E-state index contributed by atoms with van der Waals surface area (Å²) in [5, 5.41) is 8.58. The van der Waals surface area contributed by atoms with Crippen molar-refractivity contribution in [3.63, 3.8) is 0 Å². The number of carboxylic acids is 1. The second-order valence-electron chi connectivity index (χ2n) is 3.65. The van der Waals surface area contributed by atoms with Gasteiger partial charge in [-0.05, 0) is 24.1 Å². The number of hydrogen-bond acceptors (Lipinski definition) is 2. The van der Waals surface area contributed by atoms with E-state index in [1.54, 1.807) is 6.07 Å². The van der Waals surface area contributed by atoms with Crippen molar-refractivity contribution in [1.29, 1.82) is 0 Å². The maximum atomic E-state index is 13.0. The summed E-state index contributed by atoms with van der Waals surface area (Å²) in [5.74, 6) is -1.09. The Morgan fingerprint density at radius 3 is 3.07 bits per heavy atom. The molecular formula is C11H12FNO2. The number of anilines is 1. The van der Waals surface area contributed by atoms with Crippen LogP contribution in [0.2, 0.25) is 0 Å². The molecule has 1 aliphatic heterocycles. The van der Waals surface area contributed by atoms with E-state index in [-0.39, 0.29) is 12.2 Å². The Hall–Kier alpha value is -1.58. The lowest BCUT2D eigenvalue weighted by molar-refractivity contribution is -0.136. The molecule has 0 aromatic heterocycles. The molecule has 15 heavy (non-hydrogen) atoms. The van der Waals surface area contributed by atoms with Gasteiger partial charge in [-0.3, -0.25) is 4.79 Å². The SMILES string of the molecule is O=C(O)CCN1CCc2ccc(F)cc21. The van der Waals surface area contributed by atoms with Crippen molar-refractivity contribution in [2.75, 3.05) is 18.0 Å². The van der Waals surface area contributed by atoms with Crippen LogP contribution in [0.3, 0.4) is 0 Å². The van der Waals surface area contributed by atoms with Crippen LogP contribution in [0.25, 0.3) is 0 Å². The van der Waals surface area contributed by atoms with Gasteiger partial charge in [0.2, 0.25) is 0 Å². The zero-order chi connectivity index (χ0) is 10.8. The number of aliphatic carboxylic acids is 1. The summed E-state index contributed by atoms with van der Waals surface area (Å²) in [7, 11) is 0. The molecule has 2 rings (SSSR count). The molecule has 0 saturated heterocycles. The highest BCUT2D eigenvalue weighted by Crippen LogP contribution is 2.28. The third kappa shape index (κ3) is 2.09. The maximum Gasteiger partial charge on any atom is 0.305 e. The summed E-state index contributed by atoms with van der Waals surface area (Å²) in [6, 6.07) is 4.69. The molecular weight excluding hydrogens is 197 g/mol. The van der Waals surface area contributed by atoms with E-state index < -0.39 is 5.97 Å². The first-order valence-electron chi connectivity index (χ1n) is 4.92. The molecule has 0 aliphatic carbocycles. The van der Waals surface area contributed by atoms with Gasteiger partial charge in [0.05, 0.1) is 6.42 Å². The van der Waals surface area contributed by atoms with Crippen molar-refractivity contribution < 1.29 is 14.3 Å². The van der Waals surface area contributed by atoms with Crippen LogP contribution < -0.4 is 4.90 Å². The molecule has 1 aromatic carbocycles.